The molecule has 0 saturated heterocycles. The standard InChI is InChI=1S/C16H23ClN2/c1-11(2)8-9-13(4)19-14-7-5-6-12(3)16(14)18-15(19)10-17/h5-7,11,13H,8-10H2,1-4H3. The van der Waals surface area contributed by atoms with Crippen LogP contribution in [0.2, 0.25) is 0 Å². The largest absolute Gasteiger partial charge is 0.324 e. The molecule has 0 aliphatic heterocycles. The van der Waals surface area contributed by atoms with Crippen molar-refractivity contribution in [1.29, 1.82) is 0 Å². The Hall–Kier alpha value is -1.02. The summed E-state index contributed by atoms with van der Waals surface area (Å²) in [7, 11) is 0. The highest BCUT2D eigenvalue weighted by molar-refractivity contribution is 6.16. The zero-order valence-corrected chi connectivity index (χ0v) is 13.0. The summed E-state index contributed by atoms with van der Waals surface area (Å²) in [4.78, 5) is 4.71. The Morgan fingerprint density at radius 3 is 2.58 bits per heavy atom. The summed E-state index contributed by atoms with van der Waals surface area (Å²) in [6, 6.07) is 6.81. The number of aromatic nitrogens is 2. The Balaban J connectivity index is 2.42. The second kappa shape index (κ2) is 5.96. The normalized spacial score (nSPS) is 13.4. The van der Waals surface area contributed by atoms with E-state index in [0.717, 1.165) is 17.3 Å². The molecule has 1 aromatic heterocycles. The van der Waals surface area contributed by atoms with Crippen molar-refractivity contribution in [1.82, 2.24) is 9.55 Å². The van der Waals surface area contributed by atoms with Crippen molar-refractivity contribution < 1.29 is 0 Å². The Morgan fingerprint density at radius 2 is 1.95 bits per heavy atom. The van der Waals surface area contributed by atoms with Crippen LogP contribution in [0.3, 0.4) is 0 Å². The molecule has 19 heavy (non-hydrogen) atoms. The molecule has 104 valence electrons. The van der Waals surface area contributed by atoms with Crippen LogP contribution in [0, 0.1) is 12.8 Å². The van der Waals surface area contributed by atoms with Gasteiger partial charge in [-0.3, -0.25) is 0 Å². The number of fused-ring (bicyclic) bond motifs is 1. The van der Waals surface area contributed by atoms with Crippen LogP contribution in [0.4, 0.5) is 0 Å². The molecule has 1 heterocycles. The van der Waals surface area contributed by atoms with Gasteiger partial charge < -0.3 is 4.57 Å². The monoisotopic (exact) mass is 278 g/mol. The molecule has 3 heteroatoms. The minimum absolute atomic E-state index is 0.447. The third-order valence-corrected chi connectivity index (χ3v) is 3.96. The average molecular weight is 279 g/mol. The smallest absolute Gasteiger partial charge is 0.125 e. The Labute approximate surface area is 120 Å². The summed E-state index contributed by atoms with van der Waals surface area (Å²) in [6.45, 7) is 8.91. The van der Waals surface area contributed by atoms with Crippen LogP contribution in [0.1, 0.15) is 51.0 Å². The molecule has 0 aliphatic rings. The molecular formula is C16H23ClN2. The predicted molar refractivity (Wildman–Crippen MR) is 82.8 cm³/mol. The van der Waals surface area contributed by atoms with Crippen molar-refractivity contribution in [2.45, 2.75) is 52.5 Å². The highest BCUT2D eigenvalue weighted by atomic mass is 35.5. The number of alkyl halides is 1. The van der Waals surface area contributed by atoms with E-state index < -0.39 is 0 Å². The van der Waals surface area contributed by atoms with Crippen LogP contribution < -0.4 is 0 Å². The van der Waals surface area contributed by atoms with E-state index in [-0.39, 0.29) is 0 Å². The number of imidazole rings is 1. The Kier molecular flexibility index (Phi) is 4.51. The second-order valence-electron chi connectivity index (χ2n) is 5.79. The maximum atomic E-state index is 6.08. The molecule has 0 radical (unpaired) electrons. The number of halogens is 1. The van der Waals surface area contributed by atoms with Gasteiger partial charge in [0.15, 0.2) is 0 Å². The van der Waals surface area contributed by atoms with Crippen LogP contribution >= 0.6 is 11.6 Å². The first-order valence-electron chi connectivity index (χ1n) is 7.07. The number of nitrogens with zero attached hydrogens (tertiary/aromatic N) is 2. The van der Waals surface area contributed by atoms with Crippen molar-refractivity contribution in [2.24, 2.45) is 5.92 Å². The fourth-order valence-corrected chi connectivity index (χ4v) is 2.78. The van der Waals surface area contributed by atoms with E-state index in [1.54, 1.807) is 0 Å². The van der Waals surface area contributed by atoms with Gasteiger partial charge in [0, 0.05) is 6.04 Å². The van der Waals surface area contributed by atoms with Gasteiger partial charge in [0.1, 0.15) is 5.82 Å². The first-order valence-corrected chi connectivity index (χ1v) is 7.60. The molecule has 2 rings (SSSR count). The zero-order valence-electron chi connectivity index (χ0n) is 12.3. The molecule has 2 nitrogen and oxygen atoms in total. The van der Waals surface area contributed by atoms with E-state index in [1.165, 1.54) is 23.9 Å². The summed E-state index contributed by atoms with van der Waals surface area (Å²) in [5.41, 5.74) is 3.53. The van der Waals surface area contributed by atoms with Crippen LogP contribution in [0.5, 0.6) is 0 Å². The molecule has 2 aromatic rings. The van der Waals surface area contributed by atoms with Crippen LogP contribution in [-0.2, 0) is 5.88 Å². The topological polar surface area (TPSA) is 17.8 Å². The molecule has 0 N–H and O–H groups in total. The first kappa shape index (κ1) is 14.4. The van der Waals surface area contributed by atoms with Crippen LogP contribution in [0.25, 0.3) is 11.0 Å². The fourth-order valence-electron chi connectivity index (χ4n) is 2.60. The number of para-hydroxylation sites is 1. The molecule has 1 unspecified atom stereocenters. The Bertz CT molecular complexity index is 557. The number of hydrogen-bond donors (Lipinski definition) is 0. The van der Waals surface area contributed by atoms with E-state index in [1.807, 2.05) is 0 Å². The quantitative estimate of drug-likeness (QED) is 0.697. The van der Waals surface area contributed by atoms with Gasteiger partial charge in [0.25, 0.3) is 0 Å². The van der Waals surface area contributed by atoms with Crippen LogP contribution in [0.15, 0.2) is 18.2 Å². The lowest BCUT2D eigenvalue weighted by Gasteiger charge is -2.18. The maximum Gasteiger partial charge on any atom is 0.125 e. The van der Waals surface area contributed by atoms with Crippen molar-refractivity contribution in [3.8, 4) is 0 Å². The average Bonchev–Trinajstić information content (AvgIpc) is 2.76. The minimum atomic E-state index is 0.447. The van der Waals surface area contributed by atoms with Gasteiger partial charge in [-0.1, -0.05) is 26.0 Å². The van der Waals surface area contributed by atoms with Crippen LogP contribution in [-0.4, -0.2) is 9.55 Å². The second-order valence-corrected chi connectivity index (χ2v) is 6.06. The highest BCUT2D eigenvalue weighted by Crippen LogP contribution is 2.27. The van der Waals surface area contributed by atoms with Gasteiger partial charge >= 0.3 is 0 Å². The molecule has 1 aromatic carbocycles. The fraction of sp³-hybridized carbons (Fsp3) is 0.562. The van der Waals surface area contributed by atoms with E-state index in [2.05, 4.69) is 50.5 Å². The number of benzene rings is 1. The first-order chi connectivity index (χ1) is 9.04. The van der Waals surface area contributed by atoms with Gasteiger partial charge in [-0.15, -0.1) is 11.6 Å². The molecule has 0 fully saturated rings. The third kappa shape index (κ3) is 2.94. The van der Waals surface area contributed by atoms with Crippen molar-refractivity contribution in [2.75, 3.05) is 0 Å². The summed E-state index contributed by atoms with van der Waals surface area (Å²) in [6.07, 6.45) is 2.40. The summed E-state index contributed by atoms with van der Waals surface area (Å²) in [5.74, 6) is 2.20. The number of aryl methyl sites for hydroxylation is 1. The summed E-state index contributed by atoms with van der Waals surface area (Å²) >= 11 is 6.08. The number of hydrogen-bond acceptors (Lipinski definition) is 1. The molecule has 0 amide bonds. The third-order valence-electron chi connectivity index (χ3n) is 3.72. The summed E-state index contributed by atoms with van der Waals surface area (Å²) < 4.78 is 2.32. The zero-order chi connectivity index (χ0) is 14.0. The van der Waals surface area contributed by atoms with E-state index in [4.69, 9.17) is 16.6 Å². The number of rotatable bonds is 5. The molecule has 0 bridgehead atoms. The van der Waals surface area contributed by atoms with Gasteiger partial charge in [0.2, 0.25) is 0 Å². The van der Waals surface area contributed by atoms with Crippen molar-refractivity contribution in [3.05, 3.63) is 29.6 Å². The van der Waals surface area contributed by atoms with Crippen molar-refractivity contribution in [3.63, 3.8) is 0 Å². The van der Waals surface area contributed by atoms with E-state index >= 15 is 0 Å². The maximum absolute atomic E-state index is 6.08. The molecule has 0 saturated carbocycles. The predicted octanol–water partition coefficient (Wildman–Crippen LogP) is 5.08. The van der Waals surface area contributed by atoms with E-state index in [9.17, 15) is 0 Å². The van der Waals surface area contributed by atoms with Gasteiger partial charge in [-0.25, -0.2) is 4.98 Å². The van der Waals surface area contributed by atoms with E-state index in [0.29, 0.717) is 11.9 Å². The lowest BCUT2D eigenvalue weighted by Crippen LogP contribution is -2.09. The molecule has 1 atom stereocenters. The van der Waals surface area contributed by atoms with Gasteiger partial charge in [-0.05, 0) is 44.2 Å². The molecule has 0 aliphatic carbocycles. The Morgan fingerprint density at radius 1 is 1.21 bits per heavy atom. The van der Waals surface area contributed by atoms with Gasteiger partial charge in [-0.2, -0.15) is 0 Å². The molecule has 0 spiro atoms. The lowest BCUT2D eigenvalue weighted by molar-refractivity contribution is 0.440. The highest BCUT2D eigenvalue weighted by Gasteiger charge is 2.16. The van der Waals surface area contributed by atoms with Gasteiger partial charge in [0.05, 0.1) is 16.9 Å². The summed E-state index contributed by atoms with van der Waals surface area (Å²) in [5, 5.41) is 0. The SMILES string of the molecule is Cc1cccc2c1nc(CCl)n2C(C)CCC(C)C. The minimum Gasteiger partial charge on any atom is -0.324 e. The lowest BCUT2D eigenvalue weighted by atomic mass is 10.0. The molecular weight excluding hydrogens is 256 g/mol. The van der Waals surface area contributed by atoms with Crippen molar-refractivity contribution >= 4 is 22.6 Å².